The van der Waals surface area contributed by atoms with Crippen molar-refractivity contribution in [3.05, 3.63) is 20.8 Å². The summed E-state index contributed by atoms with van der Waals surface area (Å²) in [6.07, 6.45) is 3.24. The molecule has 0 saturated heterocycles. The van der Waals surface area contributed by atoms with Crippen LogP contribution in [-0.4, -0.2) is 34.9 Å². The summed E-state index contributed by atoms with van der Waals surface area (Å²) in [6, 6.07) is 0. The first kappa shape index (κ1) is 16.3. The van der Waals surface area contributed by atoms with Gasteiger partial charge in [0.25, 0.3) is 5.56 Å². The molecular weight excluding hydrogens is 260 g/mol. The summed E-state index contributed by atoms with van der Waals surface area (Å²) < 4.78 is 1.39. The van der Waals surface area contributed by atoms with Crippen LogP contribution in [0.15, 0.2) is 9.59 Å². The molecular formula is C13H24N4O3. The van der Waals surface area contributed by atoms with Crippen LogP contribution in [0.5, 0.6) is 0 Å². The number of hydrogen-bond donors (Lipinski definition) is 3. The Kier molecular flexibility index (Phi) is 6.30. The number of aliphatic hydroxyl groups excluding tert-OH is 1. The molecule has 20 heavy (non-hydrogen) atoms. The minimum Gasteiger partial charge on any atom is -0.396 e. The Hall–Kier alpha value is -1.76. The molecule has 0 aliphatic rings. The number of unbranched alkanes of at least 4 members (excludes halogenated alkanes) is 2. The summed E-state index contributed by atoms with van der Waals surface area (Å²) in [7, 11) is 1.78. The number of hydrogen-bond acceptors (Lipinski definition) is 5. The Morgan fingerprint density at radius 1 is 1.30 bits per heavy atom. The third kappa shape index (κ3) is 3.86. The zero-order valence-electron chi connectivity index (χ0n) is 12.2. The van der Waals surface area contributed by atoms with E-state index in [0.717, 1.165) is 25.7 Å². The fourth-order valence-electron chi connectivity index (χ4n) is 2.14. The summed E-state index contributed by atoms with van der Waals surface area (Å²) in [4.78, 5) is 27.7. The smallest absolute Gasteiger partial charge is 0.330 e. The van der Waals surface area contributed by atoms with Crippen molar-refractivity contribution in [3.8, 4) is 0 Å². The van der Waals surface area contributed by atoms with Gasteiger partial charge >= 0.3 is 5.69 Å². The van der Waals surface area contributed by atoms with Crippen molar-refractivity contribution >= 4 is 11.5 Å². The van der Waals surface area contributed by atoms with E-state index >= 15 is 0 Å². The van der Waals surface area contributed by atoms with Crippen LogP contribution in [-0.2, 0) is 6.54 Å². The van der Waals surface area contributed by atoms with Crippen molar-refractivity contribution in [1.82, 2.24) is 9.55 Å². The molecule has 114 valence electrons. The Morgan fingerprint density at radius 3 is 2.60 bits per heavy atom. The predicted molar refractivity (Wildman–Crippen MR) is 80.2 cm³/mol. The van der Waals surface area contributed by atoms with Crippen molar-refractivity contribution in [2.45, 2.75) is 39.2 Å². The summed E-state index contributed by atoms with van der Waals surface area (Å²) in [5.74, 6) is 0.213. The number of nitrogen functional groups attached to an aromatic ring is 1. The summed E-state index contributed by atoms with van der Waals surface area (Å²) in [6.45, 7) is 3.24. The molecule has 0 spiro atoms. The van der Waals surface area contributed by atoms with Gasteiger partial charge < -0.3 is 15.7 Å². The number of anilines is 2. The molecule has 0 fully saturated rings. The quantitative estimate of drug-likeness (QED) is 0.588. The Labute approximate surface area is 118 Å². The third-order valence-corrected chi connectivity index (χ3v) is 3.19. The lowest BCUT2D eigenvalue weighted by atomic mass is 10.2. The van der Waals surface area contributed by atoms with E-state index in [1.807, 2.05) is 6.92 Å². The lowest BCUT2D eigenvalue weighted by Gasteiger charge is -2.21. The fourth-order valence-corrected chi connectivity index (χ4v) is 2.14. The third-order valence-electron chi connectivity index (χ3n) is 3.19. The van der Waals surface area contributed by atoms with E-state index in [2.05, 4.69) is 4.98 Å². The van der Waals surface area contributed by atoms with Gasteiger partial charge in [0.15, 0.2) is 0 Å². The normalized spacial score (nSPS) is 10.8. The van der Waals surface area contributed by atoms with Crippen LogP contribution in [0, 0.1) is 0 Å². The number of aliphatic hydroxyl groups is 1. The molecule has 1 aromatic rings. The maximum atomic E-state index is 11.9. The van der Waals surface area contributed by atoms with E-state index in [1.165, 1.54) is 4.57 Å². The van der Waals surface area contributed by atoms with Crippen LogP contribution in [0.3, 0.4) is 0 Å². The van der Waals surface area contributed by atoms with E-state index in [0.29, 0.717) is 18.8 Å². The molecule has 0 aliphatic carbocycles. The molecule has 4 N–H and O–H groups in total. The molecule has 0 atom stereocenters. The van der Waals surface area contributed by atoms with Gasteiger partial charge in [-0.3, -0.25) is 14.3 Å². The van der Waals surface area contributed by atoms with Crippen LogP contribution < -0.4 is 21.9 Å². The zero-order chi connectivity index (χ0) is 15.1. The van der Waals surface area contributed by atoms with Crippen LogP contribution in [0.4, 0.5) is 11.5 Å². The van der Waals surface area contributed by atoms with Gasteiger partial charge in [0.05, 0.1) is 0 Å². The molecule has 1 aromatic heterocycles. The summed E-state index contributed by atoms with van der Waals surface area (Å²) in [5, 5.41) is 8.74. The van der Waals surface area contributed by atoms with Crippen LogP contribution in [0.1, 0.15) is 32.6 Å². The van der Waals surface area contributed by atoms with Gasteiger partial charge in [-0.2, -0.15) is 0 Å². The molecule has 0 bridgehead atoms. The van der Waals surface area contributed by atoms with Gasteiger partial charge in [-0.1, -0.05) is 6.92 Å². The number of aromatic nitrogens is 2. The first-order valence-corrected chi connectivity index (χ1v) is 6.97. The molecule has 0 unspecified atom stereocenters. The number of aromatic amines is 1. The van der Waals surface area contributed by atoms with Gasteiger partial charge in [-0.15, -0.1) is 0 Å². The highest BCUT2D eigenvalue weighted by atomic mass is 16.3. The lowest BCUT2D eigenvalue weighted by Crippen LogP contribution is -2.37. The topological polar surface area (TPSA) is 104 Å². The largest absolute Gasteiger partial charge is 0.396 e. The maximum absolute atomic E-state index is 11.9. The molecule has 1 heterocycles. The predicted octanol–water partition coefficient (Wildman–Crippen LogP) is 0.128. The van der Waals surface area contributed by atoms with Gasteiger partial charge in [-0.25, -0.2) is 4.79 Å². The van der Waals surface area contributed by atoms with Gasteiger partial charge in [0.2, 0.25) is 0 Å². The van der Waals surface area contributed by atoms with E-state index in [9.17, 15) is 9.59 Å². The van der Waals surface area contributed by atoms with Gasteiger partial charge in [0.1, 0.15) is 11.5 Å². The van der Waals surface area contributed by atoms with E-state index in [1.54, 1.807) is 11.9 Å². The van der Waals surface area contributed by atoms with Crippen molar-refractivity contribution < 1.29 is 5.11 Å². The molecule has 7 nitrogen and oxygen atoms in total. The van der Waals surface area contributed by atoms with E-state index in [-0.39, 0.29) is 12.4 Å². The van der Waals surface area contributed by atoms with Crippen LogP contribution in [0.2, 0.25) is 0 Å². The fraction of sp³-hybridized carbons (Fsp3) is 0.692. The van der Waals surface area contributed by atoms with Crippen LogP contribution in [0.25, 0.3) is 0 Å². The summed E-state index contributed by atoms with van der Waals surface area (Å²) in [5.41, 5.74) is 5.38. The second-order valence-electron chi connectivity index (χ2n) is 4.85. The first-order chi connectivity index (χ1) is 9.52. The number of nitrogens with zero attached hydrogens (tertiary/aromatic N) is 2. The van der Waals surface area contributed by atoms with Crippen LogP contribution >= 0.6 is 0 Å². The number of nitrogens with two attached hydrogens (primary N) is 1. The Balaban J connectivity index is 2.96. The average Bonchev–Trinajstić information content (AvgIpc) is 2.39. The average molecular weight is 284 g/mol. The highest BCUT2D eigenvalue weighted by Crippen LogP contribution is 2.15. The van der Waals surface area contributed by atoms with Crippen molar-refractivity contribution in [2.24, 2.45) is 0 Å². The highest BCUT2D eigenvalue weighted by Gasteiger charge is 2.15. The zero-order valence-corrected chi connectivity index (χ0v) is 12.2. The Morgan fingerprint density at radius 2 is 2.00 bits per heavy atom. The van der Waals surface area contributed by atoms with Gasteiger partial charge in [-0.05, 0) is 25.7 Å². The summed E-state index contributed by atoms with van der Waals surface area (Å²) >= 11 is 0. The maximum Gasteiger partial charge on any atom is 0.330 e. The van der Waals surface area contributed by atoms with Gasteiger partial charge in [0, 0.05) is 26.7 Å². The minimum atomic E-state index is -0.466. The highest BCUT2D eigenvalue weighted by molar-refractivity contribution is 5.61. The lowest BCUT2D eigenvalue weighted by molar-refractivity contribution is 0.283. The molecule has 0 amide bonds. The van der Waals surface area contributed by atoms with Crippen molar-refractivity contribution in [2.75, 3.05) is 30.8 Å². The molecule has 1 rings (SSSR count). The number of nitrogens with one attached hydrogen (secondary N) is 1. The van der Waals surface area contributed by atoms with Crippen molar-refractivity contribution in [1.29, 1.82) is 0 Å². The Bertz CT molecular complexity index is 535. The minimum absolute atomic E-state index is 0.174. The first-order valence-electron chi connectivity index (χ1n) is 6.97. The number of rotatable bonds is 8. The van der Waals surface area contributed by atoms with E-state index < -0.39 is 11.2 Å². The second kappa shape index (κ2) is 7.74. The number of H-pyrrole nitrogens is 1. The van der Waals surface area contributed by atoms with E-state index in [4.69, 9.17) is 10.8 Å². The monoisotopic (exact) mass is 284 g/mol. The molecule has 0 aromatic carbocycles. The second-order valence-corrected chi connectivity index (χ2v) is 4.85. The molecule has 0 radical (unpaired) electrons. The SMILES string of the molecule is CCCn1c(N)c(N(C)CCCCCO)c(=O)[nH]c1=O. The molecule has 0 aliphatic heterocycles. The van der Waals surface area contributed by atoms with Crippen molar-refractivity contribution in [3.63, 3.8) is 0 Å². The standard InChI is InChI=1S/C13H24N4O3/c1-3-7-17-11(14)10(12(19)15-13(17)20)16(2)8-5-4-6-9-18/h18H,3-9,14H2,1-2H3,(H,15,19,20). The molecule has 0 saturated carbocycles. The molecule has 7 heteroatoms.